The minimum absolute atomic E-state index is 1.24. The van der Waals surface area contributed by atoms with Crippen molar-refractivity contribution in [1.29, 1.82) is 0 Å². The van der Waals surface area contributed by atoms with Crippen molar-refractivity contribution in [3.05, 3.63) is 41.3 Å². The molecule has 0 nitrogen and oxygen atoms in total. The molecule has 0 fully saturated rings. The fraction of sp³-hybridized carbons (Fsp3) is 0.750. The van der Waals surface area contributed by atoms with Gasteiger partial charge in [-0.15, -0.1) is 0 Å². The lowest BCUT2D eigenvalue weighted by Gasteiger charge is -2.17. The van der Waals surface area contributed by atoms with Crippen LogP contribution in [0.3, 0.4) is 0 Å². The lowest BCUT2D eigenvalue weighted by atomic mass is 9.88. The molecule has 0 aliphatic heterocycles. The molecular formula is C28H49. The average Bonchev–Trinajstić information content (AvgIpc) is 2.69. The van der Waals surface area contributed by atoms with Crippen LogP contribution in [0.2, 0.25) is 0 Å². The fourth-order valence-corrected chi connectivity index (χ4v) is 4.38. The number of rotatable bonds is 18. The van der Waals surface area contributed by atoms with E-state index in [1.165, 1.54) is 121 Å². The standard InChI is InChI=1S/C28H49/c1-5-8-11-14-17-20-26-23-25(4)24-27(21-18-15-12-9-6-2)28(26)22-19-16-13-10-7-3/h23-24H,4-22H2,1-3H3. The first-order valence-electron chi connectivity index (χ1n) is 12.7. The van der Waals surface area contributed by atoms with Crippen molar-refractivity contribution in [2.75, 3.05) is 0 Å². The summed E-state index contributed by atoms with van der Waals surface area (Å²) in [6, 6.07) is 4.81. The van der Waals surface area contributed by atoms with Gasteiger partial charge in [0.2, 0.25) is 0 Å². The molecule has 0 spiro atoms. The van der Waals surface area contributed by atoms with Gasteiger partial charge < -0.3 is 0 Å². The van der Waals surface area contributed by atoms with Gasteiger partial charge in [0.1, 0.15) is 0 Å². The van der Waals surface area contributed by atoms with Gasteiger partial charge in [-0.3, -0.25) is 0 Å². The van der Waals surface area contributed by atoms with E-state index in [0.29, 0.717) is 0 Å². The van der Waals surface area contributed by atoms with E-state index in [1.54, 1.807) is 16.7 Å². The van der Waals surface area contributed by atoms with Gasteiger partial charge in [0, 0.05) is 0 Å². The van der Waals surface area contributed by atoms with Gasteiger partial charge in [0.15, 0.2) is 0 Å². The van der Waals surface area contributed by atoms with E-state index >= 15 is 0 Å². The van der Waals surface area contributed by atoms with E-state index in [9.17, 15) is 0 Å². The predicted octanol–water partition coefficient (Wildman–Crippen LogP) is 9.41. The lowest BCUT2D eigenvalue weighted by molar-refractivity contribution is 0.612. The van der Waals surface area contributed by atoms with Gasteiger partial charge >= 0.3 is 0 Å². The van der Waals surface area contributed by atoms with Gasteiger partial charge in [-0.25, -0.2) is 0 Å². The van der Waals surface area contributed by atoms with Crippen molar-refractivity contribution in [3.63, 3.8) is 0 Å². The second kappa shape index (κ2) is 17.1. The molecule has 0 unspecified atom stereocenters. The highest BCUT2D eigenvalue weighted by Crippen LogP contribution is 2.25. The zero-order valence-corrected chi connectivity index (χ0v) is 19.6. The smallest absolute Gasteiger partial charge is 0.0238 e. The molecule has 0 aliphatic rings. The quantitative estimate of drug-likeness (QED) is 0.221. The third-order valence-corrected chi connectivity index (χ3v) is 6.12. The zero-order valence-electron chi connectivity index (χ0n) is 19.6. The molecule has 0 heteroatoms. The highest BCUT2D eigenvalue weighted by atomic mass is 14.2. The third kappa shape index (κ3) is 11.3. The summed E-state index contributed by atoms with van der Waals surface area (Å²) in [5.41, 5.74) is 6.20. The molecule has 161 valence electrons. The average molecular weight is 386 g/mol. The number of hydrogen-bond donors (Lipinski definition) is 0. The predicted molar refractivity (Wildman–Crippen MR) is 128 cm³/mol. The molecule has 0 atom stereocenters. The Morgan fingerprint density at radius 1 is 0.500 bits per heavy atom. The summed E-state index contributed by atoms with van der Waals surface area (Å²) in [6.07, 6.45) is 24.4. The zero-order chi connectivity index (χ0) is 20.5. The van der Waals surface area contributed by atoms with Crippen LogP contribution in [0.5, 0.6) is 0 Å². The van der Waals surface area contributed by atoms with Gasteiger partial charge in [-0.1, -0.05) is 110 Å². The molecule has 28 heavy (non-hydrogen) atoms. The molecule has 0 aliphatic carbocycles. The monoisotopic (exact) mass is 385 g/mol. The number of hydrogen-bond acceptors (Lipinski definition) is 0. The van der Waals surface area contributed by atoms with Gasteiger partial charge in [-0.2, -0.15) is 0 Å². The molecule has 0 bridgehead atoms. The van der Waals surface area contributed by atoms with E-state index < -0.39 is 0 Å². The Hall–Kier alpha value is -0.780. The van der Waals surface area contributed by atoms with Crippen molar-refractivity contribution >= 4 is 0 Å². The summed E-state index contributed by atoms with van der Waals surface area (Å²) in [5.74, 6) is 0. The molecule has 0 heterocycles. The van der Waals surface area contributed by atoms with Crippen LogP contribution in [-0.2, 0) is 19.3 Å². The van der Waals surface area contributed by atoms with E-state index in [4.69, 9.17) is 0 Å². The molecule has 1 rings (SSSR count). The van der Waals surface area contributed by atoms with E-state index in [2.05, 4.69) is 39.8 Å². The Bertz CT molecular complexity index is 450. The normalized spacial score (nSPS) is 11.3. The Balaban J connectivity index is 2.72. The summed E-state index contributed by atoms with van der Waals surface area (Å²) < 4.78 is 0. The van der Waals surface area contributed by atoms with Crippen LogP contribution in [0.25, 0.3) is 0 Å². The lowest BCUT2D eigenvalue weighted by Crippen LogP contribution is -2.03. The number of aryl methyl sites for hydroxylation is 2. The topological polar surface area (TPSA) is 0 Å². The van der Waals surface area contributed by atoms with Crippen LogP contribution in [-0.4, -0.2) is 0 Å². The van der Waals surface area contributed by atoms with Crippen molar-refractivity contribution in [3.8, 4) is 0 Å². The minimum atomic E-state index is 1.24. The van der Waals surface area contributed by atoms with E-state index in [0.717, 1.165) is 0 Å². The Kier molecular flexibility index (Phi) is 15.4. The highest BCUT2D eigenvalue weighted by molar-refractivity contribution is 5.41. The summed E-state index contributed by atoms with van der Waals surface area (Å²) in [7, 11) is 0. The second-order valence-corrected chi connectivity index (χ2v) is 8.89. The highest BCUT2D eigenvalue weighted by Gasteiger charge is 2.10. The molecule has 0 amide bonds. The number of unbranched alkanes of at least 4 members (excludes halogenated alkanes) is 12. The van der Waals surface area contributed by atoms with Gasteiger partial charge in [-0.05, 0) is 67.7 Å². The van der Waals surface area contributed by atoms with E-state index in [-0.39, 0.29) is 0 Å². The summed E-state index contributed by atoms with van der Waals surface area (Å²) >= 11 is 0. The summed E-state index contributed by atoms with van der Waals surface area (Å²) in [6.45, 7) is 11.2. The van der Waals surface area contributed by atoms with Crippen LogP contribution in [0.4, 0.5) is 0 Å². The maximum absolute atomic E-state index is 4.32. The Labute approximate surface area is 177 Å². The maximum Gasteiger partial charge on any atom is -0.0238 e. The minimum Gasteiger partial charge on any atom is -0.0654 e. The largest absolute Gasteiger partial charge is 0.0654 e. The molecule has 1 aromatic carbocycles. The molecule has 0 aromatic heterocycles. The SMILES string of the molecule is [CH2]c1cc(CCCCCCC)c(CCCCCCC)c(CCCCCCC)c1. The van der Waals surface area contributed by atoms with Crippen LogP contribution < -0.4 is 0 Å². The first-order valence-corrected chi connectivity index (χ1v) is 12.7. The third-order valence-electron chi connectivity index (χ3n) is 6.12. The van der Waals surface area contributed by atoms with Crippen LogP contribution in [0.1, 0.15) is 139 Å². The van der Waals surface area contributed by atoms with Crippen molar-refractivity contribution in [2.45, 2.75) is 136 Å². The summed E-state index contributed by atoms with van der Waals surface area (Å²) in [4.78, 5) is 0. The van der Waals surface area contributed by atoms with Crippen LogP contribution >= 0.6 is 0 Å². The second-order valence-electron chi connectivity index (χ2n) is 8.89. The first-order chi connectivity index (χ1) is 13.7. The Morgan fingerprint density at radius 3 is 1.25 bits per heavy atom. The van der Waals surface area contributed by atoms with Gasteiger partial charge in [0.05, 0.1) is 0 Å². The van der Waals surface area contributed by atoms with E-state index in [1.807, 2.05) is 0 Å². The molecule has 0 N–H and O–H groups in total. The van der Waals surface area contributed by atoms with Gasteiger partial charge in [0.25, 0.3) is 0 Å². The Morgan fingerprint density at radius 2 is 0.857 bits per heavy atom. The molecule has 0 saturated heterocycles. The number of benzene rings is 1. The van der Waals surface area contributed by atoms with Crippen molar-refractivity contribution < 1.29 is 0 Å². The fourth-order valence-electron chi connectivity index (χ4n) is 4.38. The molecule has 1 radical (unpaired) electrons. The summed E-state index contributed by atoms with van der Waals surface area (Å²) in [5, 5.41) is 0. The molecular weight excluding hydrogens is 336 g/mol. The van der Waals surface area contributed by atoms with Crippen molar-refractivity contribution in [1.82, 2.24) is 0 Å². The molecule has 0 saturated carbocycles. The van der Waals surface area contributed by atoms with Crippen LogP contribution in [0.15, 0.2) is 12.1 Å². The molecule has 1 aromatic rings. The van der Waals surface area contributed by atoms with Crippen molar-refractivity contribution in [2.24, 2.45) is 0 Å². The first kappa shape index (κ1) is 25.3. The van der Waals surface area contributed by atoms with Crippen LogP contribution in [0, 0.1) is 6.92 Å². The maximum atomic E-state index is 4.32.